The van der Waals surface area contributed by atoms with Gasteiger partial charge in [-0.3, -0.25) is 10.1 Å². The summed E-state index contributed by atoms with van der Waals surface area (Å²) in [7, 11) is 0. The third-order valence-electron chi connectivity index (χ3n) is 2.07. The molecule has 0 bridgehead atoms. The van der Waals surface area contributed by atoms with E-state index in [1.165, 1.54) is 13.0 Å². The summed E-state index contributed by atoms with van der Waals surface area (Å²) in [6.45, 7) is 1.46. The fourth-order valence-electron chi connectivity index (χ4n) is 1.16. The number of nitrogens with two attached hydrogens (primary N) is 1. The van der Waals surface area contributed by atoms with Gasteiger partial charge >= 0.3 is 5.69 Å². The van der Waals surface area contributed by atoms with Gasteiger partial charge in [0.1, 0.15) is 0 Å². The summed E-state index contributed by atoms with van der Waals surface area (Å²) >= 11 is 0. The van der Waals surface area contributed by atoms with Crippen molar-refractivity contribution >= 4 is 18.1 Å². The molecule has 0 aliphatic rings. The normalized spacial score (nSPS) is 13.8. The van der Waals surface area contributed by atoms with E-state index in [1.54, 1.807) is 0 Å². The fourth-order valence-corrected chi connectivity index (χ4v) is 1.16. The zero-order valence-electron chi connectivity index (χ0n) is 8.46. The van der Waals surface area contributed by atoms with Gasteiger partial charge in [0.15, 0.2) is 0 Å². The largest absolute Gasteiger partial charge is 0.391 e. The van der Waals surface area contributed by atoms with Crippen molar-refractivity contribution in [2.24, 2.45) is 5.73 Å². The minimum absolute atomic E-state index is 0. The van der Waals surface area contributed by atoms with Gasteiger partial charge in [-0.25, -0.2) is 0 Å². The highest BCUT2D eigenvalue weighted by Crippen LogP contribution is 2.23. The van der Waals surface area contributed by atoms with Crippen molar-refractivity contribution in [1.29, 1.82) is 0 Å². The zero-order chi connectivity index (χ0) is 11.6. The lowest BCUT2D eigenvalue weighted by Crippen LogP contribution is -2.23. The number of nitro groups is 1. The molecule has 0 amide bonds. The second-order valence-electron chi connectivity index (χ2n) is 3.23. The molecule has 0 aromatic heterocycles. The van der Waals surface area contributed by atoms with Gasteiger partial charge in [-0.15, -0.1) is 12.4 Å². The van der Waals surface area contributed by atoms with E-state index in [9.17, 15) is 19.6 Å². The van der Waals surface area contributed by atoms with E-state index in [0.717, 1.165) is 12.1 Å². The standard InChI is InChI=1S/C9H11FN2O3.ClH/c1-5(13)9(11)6-2-3-7(10)8(4-6)12(14)15;/h2-5,9,13H,11H2,1H3;1H/t5-,9-;/m0./s1. The number of halogens is 2. The van der Waals surface area contributed by atoms with Crippen LogP contribution in [0.3, 0.4) is 0 Å². The van der Waals surface area contributed by atoms with E-state index in [0.29, 0.717) is 5.56 Å². The molecule has 0 fully saturated rings. The lowest BCUT2D eigenvalue weighted by Gasteiger charge is -2.14. The highest BCUT2D eigenvalue weighted by atomic mass is 35.5. The van der Waals surface area contributed by atoms with Crippen molar-refractivity contribution in [1.82, 2.24) is 0 Å². The number of nitro benzene ring substituents is 1. The molecule has 2 atom stereocenters. The molecule has 0 radical (unpaired) electrons. The van der Waals surface area contributed by atoms with Crippen LogP contribution in [-0.4, -0.2) is 16.1 Å². The van der Waals surface area contributed by atoms with E-state index in [4.69, 9.17) is 5.73 Å². The van der Waals surface area contributed by atoms with Crippen LogP contribution in [0.2, 0.25) is 0 Å². The van der Waals surface area contributed by atoms with Crippen LogP contribution in [0.5, 0.6) is 0 Å². The monoisotopic (exact) mass is 250 g/mol. The predicted molar refractivity (Wildman–Crippen MR) is 58.9 cm³/mol. The molecule has 0 aliphatic carbocycles. The van der Waals surface area contributed by atoms with Crippen LogP contribution < -0.4 is 5.73 Å². The molecular formula is C9H12ClFN2O3. The van der Waals surface area contributed by atoms with Gasteiger partial charge in [0.2, 0.25) is 5.82 Å². The second kappa shape index (κ2) is 5.74. The van der Waals surface area contributed by atoms with Gasteiger partial charge in [-0.05, 0) is 18.6 Å². The van der Waals surface area contributed by atoms with Crippen LogP contribution in [0.4, 0.5) is 10.1 Å². The lowest BCUT2D eigenvalue weighted by molar-refractivity contribution is -0.387. The Bertz CT molecular complexity index is 387. The summed E-state index contributed by atoms with van der Waals surface area (Å²) in [4.78, 5) is 9.60. The first-order valence-electron chi connectivity index (χ1n) is 4.31. The topological polar surface area (TPSA) is 89.4 Å². The second-order valence-corrected chi connectivity index (χ2v) is 3.23. The number of aliphatic hydroxyl groups is 1. The molecule has 0 saturated heterocycles. The van der Waals surface area contributed by atoms with Crippen molar-refractivity contribution in [2.75, 3.05) is 0 Å². The molecule has 90 valence electrons. The number of benzene rings is 1. The summed E-state index contributed by atoms with van der Waals surface area (Å²) in [5.41, 5.74) is 5.26. The van der Waals surface area contributed by atoms with Crippen molar-refractivity contribution < 1.29 is 14.4 Å². The third kappa shape index (κ3) is 3.13. The van der Waals surface area contributed by atoms with Crippen LogP contribution in [-0.2, 0) is 0 Å². The molecule has 0 aliphatic heterocycles. The van der Waals surface area contributed by atoms with Gasteiger partial charge in [0, 0.05) is 6.07 Å². The van der Waals surface area contributed by atoms with Crippen LogP contribution >= 0.6 is 12.4 Å². The van der Waals surface area contributed by atoms with Crippen molar-refractivity contribution in [3.63, 3.8) is 0 Å². The highest BCUT2D eigenvalue weighted by molar-refractivity contribution is 5.85. The first kappa shape index (κ1) is 14.8. The van der Waals surface area contributed by atoms with Crippen LogP contribution in [0.1, 0.15) is 18.5 Å². The van der Waals surface area contributed by atoms with Gasteiger partial charge in [-0.1, -0.05) is 6.07 Å². The molecule has 0 unspecified atom stereocenters. The Balaban J connectivity index is 0.00000225. The van der Waals surface area contributed by atoms with Gasteiger partial charge < -0.3 is 10.8 Å². The Hall–Kier alpha value is -1.24. The van der Waals surface area contributed by atoms with Crippen LogP contribution in [0.25, 0.3) is 0 Å². The average Bonchev–Trinajstić information content (AvgIpc) is 2.16. The maximum Gasteiger partial charge on any atom is 0.305 e. The van der Waals surface area contributed by atoms with E-state index < -0.39 is 28.6 Å². The van der Waals surface area contributed by atoms with Crippen LogP contribution in [0.15, 0.2) is 18.2 Å². The minimum atomic E-state index is -0.915. The van der Waals surface area contributed by atoms with Crippen molar-refractivity contribution in [3.05, 3.63) is 39.7 Å². The molecule has 1 rings (SSSR count). The molecule has 0 saturated carbocycles. The Labute approximate surface area is 97.6 Å². The molecule has 16 heavy (non-hydrogen) atoms. The summed E-state index contributed by atoms with van der Waals surface area (Å²) in [5.74, 6) is -0.915. The van der Waals surface area contributed by atoms with Gasteiger partial charge in [-0.2, -0.15) is 4.39 Å². The van der Waals surface area contributed by atoms with Crippen molar-refractivity contribution in [3.8, 4) is 0 Å². The molecular weight excluding hydrogens is 239 g/mol. The van der Waals surface area contributed by atoms with Crippen LogP contribution in [0, 0.1) is 15.9 Å². The maximum atomic E-state index is 12.9. The Kier molecular flexibility index (Phi) is 5.29. The zero-order valence-corrected chi connectivity index (χ0v) is 9.28. The van der Waals surface area contributed by atoms with E-state index in [2.05, 4.69) is 0 Å². The number of aliphatic hydroxyl groups excluding tert-OH is 1. The highest BCUT2D eigenvalue weighted by Gasteiger charge is 2.19. The molecule has 7 heteroatoms. The maximum absolute atomic E-state index is 12.9. The number of hydrogen-bond acceptors (Lipinski definition) is 4. The molecule has 5 nitrogen and oxygen atoms in total. The minimum Gasteiger partial charge on any atom is -0.391 e. The number of nitrogens with zero attached hydrogens (tertiary/aromatic N) is 1. The molecule has 0 spiro atoms. The predicted octanol–water partition coefficient (Wildman–Crippen LogP) is 1.54. The lowest BCUT2D eigenvalue weighted by atomic mass is 10.0. The molecule has 0 heterocycles. The first-order valence-corrected chi connectivity index (χ1v) is 4.31. The Morgan fingerprint density at radius 3 is 2.56 bits per heavy atom. The summed E-state index contributed by atoms with van der Waals surface area (Å²) in [6, 6.07) is 2.56. The van der Waals surface area contributed by atoms with Crippen molar-refractivity contribution in [2.45, 2.75) is 19.1 Å². The van der Waals surface area contributed by atoms with Gasteiger partial charge in [0.05, 0.1) is 17.1 Å². The first-order chi connectivity index (χ1) is 6.93. The summed E-state index contributed by atoms with van der Waals surface area (Å²) in [6.07, 6.45) is -0.852. The summed E-state index contributed by atoms with van der Waals surface area (Å²) < 4.78 is 12.9. The summed E-state index contributed by atoms with van der Waals surface area (Å²) in [5, 5.41) is 19.6. The molecule has 3 N–H and O–H groups in total. The average molecular weight is 251 g/mol. The molecule has 1 aromatic rings. The SMILES string of the molecule is C[C@H](O)[C@H](N)c1ccc(F)c([N+](=O)[O-])c1.Cl. The van der Waals surface area contributed by atoms with Gasteiger partial charge in [0.25, 0.3) is 0 Å². The van der Waals surface area contributed by atoms with E-state index >= 15 is 0 Å². The fraction of sp³-hybridized carbons (Fsp3) is 0.333. The smallest absolute Gasteiger partial charge is 0.305 e. The molecule has 1 aromatic carbocycles. The third-order valence-corrected chi connectivity index (χ3v) is 2.07. The Morgan fingerprint density at radius 2 is 2.12 bits per heavy atom. The number of hydrogen-bond donors (Lipinski definition) is 2. The van der Waals surface area contributed by atoms with E-state index in [1.807, 2.05) is 0 Å². The van der Waals surface area contributed by atoms with E-state index in [-0.39, 0.29) is 12.4 Å². The Morgan fingerprint density at radius 1 is 1.56 bits per heavy atom. The number of rotatable bonds is 3. The quantitative estimate of drug-likeness (QED) is 0.629.